The Morgan fingerprint density at radius 2 is 1.96 bits per heavy atom. The summed E-state index contributed by atoms with van der Waals surface area (Å²) in [5.41, 5.74) is 4.69. The molecule has 248 valence electrons. The molecule has 47 heavy (non-hydrogen) atoms. The fourth-order valence-corrected chi connectivity index (χ4v) is 8.45. The smallest absolute Gasteiger partial charge is 0.318 e. The first-order valence-electron chi connectivity index (χ1n) is 16.9. The molecular weight excluding hydrogens is 604 g/mol. The molecule has 2 saturated heterocycles. The summed E-state index contributed by atoms with van der Waals surface area (Å²) in [4.78, 5) is 16.6. The Hall–Kier alpha value is -4.03. The van der Waals surface area contributed by atoms with Crippen LogP contribution < -0.4 is 14.5 Å². The molecule has 0 saturated carbocycles. The zero-order chi connectivity index (χ0) is 32.3. The van der Waals surface area contributed by atoms with Gasteiger partial charge in [-0.2, -0.15) is 15.1 Å². The highest BCUT2D eigenvalue weighted by molar-refractivity contribution is 5.98. The van der Waals surface area contributed by atoms with Crippen molar-refractivity contribution in [3.05, 3.63) is 64.4 Å². The molecule has 0 aliphatic carbocycles. The minimum absolute atomic E-state index is 0.0826. The highest BCUT2D eigenvalue weighted by Gasteiger charge is 2.49. The molecular formula is C35H41F2N7O3. The Kier molecular flexibility index (Phi) is 7.67. The number of aryl methyl sites for hydroxylation is 2. The van der Waals surface area contributed by atoms with Crippen LogP contribution in [0.2, 0.25) is 0 Å². The van der Waals surface area contributed by atoms with E-state index in [4.69, 9.17) is 14.7 Å². The molecule has 2 N–H and O–H groups in total. The number of aliphatic hydroxyl groups is 1. The normalized spacial score (nSPS) is 22.8. The molecule has 2 aromatic carbocycles. The first-order chi connectivity index (χ1) is 22.9. The summed E-state index contributed by atoms with van der Waals surface area (Å²) in [6, 6.07) is 6.86. The first-order valence-corrected chi connectivity index (χ1v) is 16.9. The van der Waals surface area contributed by atoms with Crippen LogP contribution in [0.3, 0.4) is 0 Å². The molecule has 2 aromatic heterocycles. The second kappa shape index (κ2) is 11.9. The number of phenolic OH excluding ortho intramolecular Hbond substituents is 1. The summed E-state index contributed by atoms with van der Waals surface area (Å²) in [6.45, 7) is 6.61. The summed E-state index contributed by atoms with van der Waals surface area (Å²) in [5.74, 6) is 0.679. The molecule has 8 rings (SSSR count). The predicted octanol–water partition coefficient (Wildman–Crippen LogP) is 4.65. The first kappa shape index (κ1) is 30.3. The SMILES string of the molecule is CCc1c(F)ccc2cc(O)cc(N3CCc4c(nc(OC[C@@]56CCCN5C[C@H](F)C6)nc4N4CCCn5ncc(CO)c5C4)C3)c12. The third-order valence-electron chi connectivity index (χ3n) is 10.7. The molecule has 4 aliphatic heterocycles. The summed E-state index contributed by atoms with van der Waals surface area (Å²) in [6.07, 6.45) is 5.27. The monoisotopic (exact) mass is 645 g/mol. The van der Waals surface area contributed by atoms with Gasteiger partial charge in [0.15, 0.2) is 0 Å². The van der Waals surface area contributed by atoms with Gasteiger partial charge >= 0.3 is 6.01 Å². The Morgan fingerprint density at radius 1 is 1.06 bits per heavy atom. The summed E-state index contributed by atoms with van der Waals surface area (Å²) in [5, 5.41) is 26.8. The van der Waals surface area contributed by atoms with Crippen LogP contribution in [0.5, 0.6) is 11.8 Å². The Labute approximate surface area is 272 Å². The van der Waals surface area contributed by atoms with Crippen LogP contribution in [0.15, 0.2) is 30.5 Å². The molecule has 0 amide bonds. The highest BCUT2D eigenvalue weighted by atomic mass is 19.1. The molecule has 12 heteroatoms. The predicted molar refractivity (Wildman–Crippen MR) is 174 cm³/mol. The molecule has 2 fully saturated rings. The van der Waals surface area contributed by atoms with Crippen molar-refractivity contribution in [1.82, 2.24) is 24.6 Å². The van der Waals surface area contributed by atoms with E-state index in [1.807, 2.05) is 11.6 Å². The number of hydrogen-bond donors (Lipinski definition) is 2. The van der Waals surface area contributed by atoms with Crippen LogP contribution >= 0.6 is 0 Å². The van der Waals surface area contributed by atoms with Gasteiger partial charge in [-0.25, -0.2) is 8.78 Å². The lowest BCUT2D eigenvalue weighted by molar-refractivity contribution is 0.107. The Morgan fingerprint density at radius 3 is 2.81 bits per heavy atom. The average Bonchev–Trinajstić information content (AvgIpc) is 3.68. The number of hydrogen-bond acceptors (Lipinski definition) is 9. The standard InChI is InChI=1S/C35H41F2N7O3/c1-2-26-28(37)6-5-22-13-25(46)14-30(32(22)26)41-12-7-27-29(18-41)39-34(47-21-35-8-3-10-43(35)17-24(36)15-35)40-33(27)42-9-4-11-44-31(19-42)23(20-45)16-38-44/h5-6,13-14,16,24,45-46H,2-4,7-12,15,17-21H2,1H3/t24-,35+/m1/s1. The van der Waals surface area contributed by atoms with Crippen LogP contribution in [0.1, 0.15) is 60.7 Å². The topological polar surface area (TPSA) is 103 Å². The number of phenols is 1. The van der Waals surface area contributed by atoms with Crippen molar-refractivity contribution in [2.75, 3.05) is 42.6 Å². The van der Waals surface area contributed by atoms with Crippen molar-refractivity contribution in [3.63, 3.8) is 0 Å². The van der Waals surface area contributed by atoms with Gasteiger partial charge in [0.1, 0.15) is 30.2 Å². The van der Waals surface area contributed by atoms with E-state index >= 15 is 4.39 Å². The fourth-order valence-electron chi connectivity index (χ4n) is 8.45. The van der Waals surface area contributed by atoms with Crippen molar-refractivity contribution < 1.29 is 23.7 Å². The van der Waals surface area contributed by atoms with E-state index in [0.29, 0.717) is 57.6 Å². The van der Waals surface area contributed by atoms with E-state index in [1.165, 1.54) is 6.07 Å². The summed E-state index contributed by atoms with van der Waals surface area (Å²) in [7, 11) is 0. The molecule has 0 unspecified atom stereocenters. The van der Waals surface area contributed by atoms with Crippen molar-refractivity contribution in [2.45, 2.75) is 83.4 Å². The maximum Gasteiger partial charge on any atom is 0.318 e. The zero-order valence-electron chi connectivity index (χ0n) is 26.8. The van der Waals surface area contributed by atoms with E-state index in [2.05, 4.69) is 19.8 Å². The molecule has 0 spiro atoms. The van der Waals surface area contributed by atoms with Crippen LogP contribution in [0, 0.1) is 5.82 Å². The Bertz CT molecular complexity index is 1830. The number of nitrogens with zero attached hydrogens (tertiary/aromatic N) is 7. The minimum atomic E-state index is -0.856. The van der Waals surface area contributed by atoms with Crippen molar-refractivity contribution >= 4 is 22.3 Å². The summed E-state index contributed by atoms with van der Waals surface area (Å²) >= 11 is 0. The molecule has 10 nitrogen and oxygen atoms in total. The highest BCUT2D eigenvalue weighted by Crippen LogP contribution is 2.42. The van der Waals surface area contributed by atoms with Crippen molar-refractivity contribution in [3.8, 4) is 11.8 Å². The maximum absolute atomic E-state index is 15.0. The van der Waals surface area contributed by atoms with Gasteiger partial charge in [-0.3, -0.25) is 9.58 Å². The quantitative estimate of drug-likeness (QED) is 0.297. The lowest BCUT2D eigenvalue weighted by atomic mass is 9.95. The van der Waals surface area contributed by atoms with Crippen LogP contribution in [-0.2, 0) is 39.1 Å². The van der Waals surface area contributed by atoms with E-state index < -0.39 is 6.17 Å². The van der Waals surface area contributed by atoms with Gasteiger partial charge in [-0.15, -0.1) is 0 Å². The second-order valence-electron chi connectivity index (χ2n) is 13.5. The Balaban J connectivity index is 1.18. The fraction of sp³-hybridized carbons (Fsp3) is 0.514. The number of rotatable bonds is 7. The molecule has 2 atom stereocenters. The van der Waals surface area contributed by atoms with Crippen LogP contribution in [-0.4, -0.2) is 79.4 Å². The van der Waals surface area contributed by atoms with Crippen molar-refractivity contribution in [2.24, 2.45) is 0 Å². The van der Waals surface area contributed by atoms with Gasteiger partial charge < -0.3 is 24.7 Å². The minimum Gasteiger partial charge on any atom is -0.508 e. The summed E-state index contributed by atoms with van der Waals surface area (Å²) < 4.78 is 38.0. The molecule has 0 bridgehead atoms. The molecule has 4 aliphatic rings. The molecule has 6 heterocycles. The van der Waals surface area contributed by atoms with Crippen LogP contribution in [0.4, 0.5) is 20.3 Å². The van der Waals surface area contributed by atoms with Crippen LogP contribution in [0.25, 0.3) is 10.8 Å². The van der Waals surface area contributed by atoms with Crippen molar-refractivity contribution in [1.29, 1.82) is 0 Å². The van der Waals surface area contributed by atoms with E-state index in [1.54, 1.807) is 24.4 Å². The second-order valence-corrected chi connectivity index (χ2v) is 13.5. The number of aromatic hydroxyl groups is 1. The largest absolute Gasteiger partial charge is 0.508 e. The number of halogens is 2. The number of aromatic nitrogens is 4. The number of ether oxygens (including phenoxy) is 1. The van der Waals surface area contributed by atoms with Gasteiger partial charge in [0.25, 0.3) is 0 Å². The third kappa shape index (κ3) is 5.25. The lowest BCUT2D eigenvalue weighted by Crippen LogP contribution is -2.43. The zero-order valence-corrected chi connectivity index (χ0v) is 26.8. The van der Waals surface area contributed by atoms with Gasteiger partial charge in [0.05, 0.1) is 42.8 Å². The van der Waals surface area contributed by atoms with Gasteiger partial charge in [-0.1, -0.05) is 13.0 Å². The molecule has 4 aromatic rings. The lowest BCUT2D eigenvalue weighted by Gasteiger charge is -2.35. The number of alkyl halides is 1. The van der Waals surface area contributed by atoms with Gasteiger partial charge in [0.2, 0.25) is 0 Å². The number of benzene rings is 2. The average molecular weight is 646 g/mol. The number of fused-ring (bicyclic) bond motifs is 4. The maximum atomic E-state index is 15.0. The molecule has 0 radical (unpaired) electrons. The number of aliphatic hydroxyl groups excluding tert-OH is 1. The third-order valence-corrected chi connectivity index (χ3v) is 10.7. The van der Waals surface area contributed by atoms with E-state index in [9.17, 15) is 14.6 Å². The van der Waals surface area contributed by atoms with E-state index in [-0.39, 0.29) is 29.7 Å². The van der Waals surface area contributed by atoms with E-state index in [0.717, 1.165) is 83.7 Å². The van der Waals surface area contributed by atoms with Gasteiger partial charge in [0, 0.05) is 60.9 Å². The van der Waals surface area contributed by atoms with Gasteiger partial charge in [-0.05, 0) is 61.7 Å². The number of anilines is 2.